The number of anilines is 3. The molecule has 144 valence electrons. The molecule has 1 aliphatic carbocycles. The molecule has 6 nitrogen and oxygen atoms in total. The lowest BCUT2D eigenvalue weighted by molar-refractivity contribution is 0.0922. The number of rotatable bonds is 1. The molecule has 1 spiro atoms. The number of Topliss-reactive ketones (excluding diaryl/α,β-unsaturated/α-hetero) is 1. The van der Waals surface area contributed by atoms with Crippen LogP contribution in [0.25, 0.3) is 0 Å². The molecule has 0 aromatic heterocycles. The minimum absolute atomic E-state index is 0.0342. The number of ketones is 1. The molecule has 0 fully saturated rings. The third-order valence-corrected chi connectivity index (χ3v) is 6.44. The van der Waals surface area contributed by atoms with Crippen molar-refractivity contribution in [3.63, 3.8) is 0 Å². The van der Waals surface area contributed by atoms with Gasteiger partial charge in [0.15, 0.2) is 5.78 Å². The van der Waals surface area contributed by atoms with E-state index in [1.807, 2.05) is 13.1 Å². The third kappa shape index (κ3) is 2.27. The number of nitrogens with one attached hydrogen (secondary N) is 3. The van der Waals surface area contributed by atoms with Crippen molar-refractivity contribution in [2.75, 3.05) is 29.6 Å². The van der Waals surface area contributed by atoms with Crippen LogP contribution in [0.3, 0.4) is 0 Å². The van der Waals surface area contributed by atoms with E-state index in [1.165, 1.54) is 11.1 Å². The molecule has 2 aromatic rings. The summed E-state index contributed by atoms with van der Waals surface area (Å²) in [6.45, 7) is 2.07. The van der Waals surface area contributed by atoms with Crippen molar-refractivity contribution in [1.82, 2.24) is 5.32 Å². The Morgan fingerprint density at radius 3 is 2.50 bits per heavy atom. The Bertz CT molecular complexity index is 1000. The van der Waals surface area contributed by atoms with Gasteiger partial charge in [0.25, 0.3) is 5.91 Å². The number of carbonyl (C=O) groups excluding carboxylic acids is 2. The van der Waals surface area contributed by atoms with Crippen molar-refractivity contribution >= 4 is 28.8 Å². The third-order valence-electron chi connectivity index (χ3n) is 6.44. The van der Waals surface area contributed by atoms with E-state index < -0.39 is 0 Å². The highest BCUT2D eigenvalue weighted by Crippen LogP contribution is 2.49. The molecule has 2 heterocycles. The SMILES string of the molecule is CNC(=O)c1cc2c(c3c1C(=O)CC1(Cc4ccccc4C1)N3)NC(C)N2C. The first-order chi connectivity index (χ1) is 13.4. The van der Waals surface area contributed by atoms with Gasteiger partial charge in [-0.3, -0.25) is 9.59 Å². The van der Waals surface area contributed by atoms with Gasteiger partial charge in [0.2, 0.25) is 0 Å². The minimum Gasteiger partial charge on any atom is -0.376 e. The second-order valence-corrected chi connectivity index (χ2v) is 8.21. The number of benzene rings is 2. The van der Waals surface area contributed by atoms with E-state index in [-0.39, 0.29) is 23.4 Å². The van der Waals surface area contributed by atoms with Crippen LogP contribution in [-0.4, -0.2) is 37.5 Å². The van der Waals surface area contributed by atoms with Gasteiger partial charge in [0.1, 0.15) is 0 Å². The van der Waals surface area contributed by atoms with Crippen LogP contribution in [0.5, 0.6) is 0 Å². The second-order valence-electron chi connectivity index (χ2n) is 8.21. The number of hydrogen-bond donors (Lipinski definition) is 3. The molecule has 1 amide bonds. The summed E-state index contributed by atoms with van der Waals surface area (Å²) in [5, 5.41) is 9.89. The smallest absolute Gasteiger partial charge is 0.251 e. The maximum absolute atomic E-state index is 13.3. The molecule has 28 heavy (non-hydrogen) atoms. The Hall–Kier alpha value is -3.02. The summed E-state index contributed by atoms with van der Waals surface area (Å²) in [6.07, 6.45) is 2.12. The Balaban J connectivity index is 1.67. The quantitative estimate of drug-likeness (QED) is 0.714. The normalized spacial score (nSPS) is 20.9. The lowest BCUT2D eigenvalue weighted by Crippen LogP contribution is -2.46. The van der Waals surface area contributed by atoms with E-state index in [0.29, 0.717) is 17.5 Å². The molecule has 3 N–H and O–H groups in total. The fraction of sp³-hybridized carbons (Fsp3) is 0.364. The maximum Gasteiger partial charge on any atom is 0.251 e. The predicted octanol–water partition coefficient (Wildman–Crippen LogP) is 2.79. The van der Waals surface area contributed by atoms with Crippen LogP contribution >= 0.6 is 0 Å². The van der Waals surface area contributed by atoms with Crippen LogP contribution in [-0.2, 0) is 12.8 Å². The van der Waals surface area contributed by atoms with Gasteiger partial charge in [0, 0.05) is 20.5 Å². The van der Waals surface area contributed by atoms with Gasteiger partial charge in [-0.1, -0.05) is 24.3 Å². The van der Waals surface area contributed by atoms with Gasteiger partial charge in [0.05, 0.1) is 39.9 Å². The number of carbonyl (C=O) groups is 2. The van der Waals surface area contributed by atoms with Crippen LogP contribution in [0.1, 0.15) is 45.2 Å². The number of amides is 1. The van der Waals surface area contributed by atoms with Gasteiger partial charge in [-0.05, 0) is 37.0 Å². The van der Waals surface area contributed by atoms with E-state index in [0.717, 1.165) is 29.9 Å². The first kappa shape index (κ1) is 17.1. The fourth-order valence-corrected chi connectivity index (χ4v) is 4.95. The summed E-state index contributed by atoms with van der Waals surface area (Å²) in [5.41, 5.74) is 5.86. The van der Waals surface area contributed by atoms with Gasteiger partial charge in [-0.25, -0.2) is 0 Å². The molecule has 1 unspecified atom stereocenters. The minimum atomic E-state index is -0.324. The molecule has 2 aliphatic heterocycles. The van der Waals surface area contributed by atoms with Crippen LogP contribution < -0.4 is 20.9 Å². The van der Waals surface area contributed by atoms with E-state index >= 15 is 0 Å². The summed E-state index contributed by atoms with van der Waals surface area (Å²) in [6, 6.07) is 10.2. The van der Waals surface area contributed by atoms with Gasteiger partial charge in [-0.2, -0.15) is 0 Å². The fourth-order valence-electron chi connectivity index (χ4n) is 4.95. The molecule has 3 aliphatic rings. The largest absolute Gasteiger partial charge is 0.376 e. The molecule has 0 radical (unpaired) electrons. The first-order valence-corrected chi connectivity index (χ1v) is 9.73. The van der Waals surface area contributed by atoms with Crippen LogP contribution in [0.2, 0.25) is 0 Å². The van der Waals surface area contributed by atoms with Crippen molar-refractivity contribution in [3.05, 3.63) is 52.6 Å². The van der Waals surface area contributed by atoms with Gasteiger partial charge >= 0.3 is 0 Å². The average Bonchev–Trinajstić information content (AvgIpc) is 3.17. The molecule has 1 atom stereocenters. The Kier molecular flexibility index (Phi) is 3.50. The lowest BCUT2D eigenvalue weighted by atomic mass is 9.80. The topological polar surface area (TPSA) is 73.5 Å². The average molecular weight is 376 g/mol. The van der Waals surface area contributed by atoms with E-state index in [9.17, 15) is 9.59 Å². The first-order valence-electron chi connectivity index (χ1n) is 9.73. The summed E-state index contributed by atoms with van der Waals surface area (Å²) in [5.74, 6) is -0.195. The highest BCUT2D eigenvalue weighted by Gasteiger charge is 2.46. The van der Waals surface area contributed by atoms with Crippen molar-refractivity contribution in [3.8, 4) is 0 Å². The summed E-state index contributed by atoms with van der Waals surface area (Å²) < 4.78 is 0. The zero-order valence-corrected chi connectivity index (χ0v) is 16.3. The standard InChI is InChI=1S/C22H24N4O2/c1-12-24-19-16(26(12)3)8-15(21(28)23-2)18-17(27)11-22(25-20(18)19)9-13-6-4-5-7-14(13)10-22/h4-8,12,24-25H,9-11H2,1-3H3,(H,23,28). The zero-order chi connectivity index (χ0) is 19.6. The Morgan fingerprint density at radius 1 is 1.18 bits per heavy atom. The summed E-state index contributed by atoms with van der Waals surface area (Å²) >= 11 is 0. The molecular weight excluding hydrogens is 352 g/mol. The maximum atomic E-state index is 13.3. The monoisotopic (exact) mass is 376 g/mol. The van der Waals surface area contributed by atoms with E-state index in [2.05, 4.69) is 52.0 Å². The number of hydrogen-bond acceptors (Lipinski definition) is 5. The van der Waals surface area contributed by atoms with Crippen molar-refractivity contribution < 1.29 is 9.59 Å². The van der Waals surface area contributed by atoms with E-state index in [1.54, 1.807) is 7.05 Å². The molecular formula is C22H24N4O2. The molecule has 0 saturated carbocycles. The number of fused-ring (bicyclic) bond motifs is 4. The predicted molar refractivity (Wildman–Crippen MR) is 110 cm³/mol. The Morgan fingerprint density at radius 2 is 1.86 bits per heavy atom. The van der Waals surface area contributed by atoms with Crippen molar-refractivity contribution in [2.24, 2.45) is 0 Å². The van der Waals surface area contributed by atoms with E-state index in [4.69, 9.17) is 0 Å². The zero-order valence-electron chi connectivity index (χ0n) is 16.3. The van der Waals surface area contributed by atoms with Gasteiger partial charge in [-0.15, -0.1) is 0 Å². The highest BCUT2D eigenvalue weighted by atomic mass is 16.2. The Labute approximate surface area is 164 Å². The van der Waals surface area contributed by atoms with Crippen molar-refractivity contribution in [2.45, 2.75) is 37.9 Å². The van der Waals surface area contributed by atoms with Crippen LogP contribution in [0.4, 0.5) is 17.1 Å². The highest BCUT2D eigenvalue weighted by molar-refractivity contribution is 6.17. The van der Waals surface area contributed by atoms with Crippen molar-refractivity contribution in [1.29, 1.82) is 0 Å². The summed E-state index contributed by atoms with van der Waals surface area (Å²) in [7, 11) is 3.59. The summed E-state index contributed by atoms with van der Waals surface area (Å²) in [4.78, 5) is 28.0. The number of nitrogens with zero attached hydrogens (tertiary/aromatic N) is 1. The molecule has 6 heteroatoms. The van der Waals surface area contributed by atoms with Crippen LogP contribution in [0, 0.1) is 0 Å². The molecule has 0 saturated heterocycles. The molecule has 5 rings (SSSR count). The lowest BCUT2D eigenvalue weighted by Gasteiger charge is -2.37. The second kappa shape index (κ2) is 5.74. The van der Waals surface area contributed by atoms with Gasteiger partial charge < -0.3 is 20.9 Å². The molecule has 0 bridgehead atoms. The van der Waals surface area contributed by atoms with Crippen LogP contribution in [0.15, 0.2) is 30.3 Å². The molecule has 2 aromatic carbocycles.